The first-order valence-corrected chi connectivity index (χ1v) is 7.52. The molecule has 2 rings (SSSR count). The summed E-state index contributed by atoms with van der Waals surface area (Å²) in [5, 5.41) is 3.15. The van der Waals surface area contributed by atoms with Crippen LogP contribution in [0.3, 0.4) is 0 Å². The van der Waals surface area contributed by atoms with Gasteiger partial charge in [0.05, 0.1) is 5.52 Å². The molecule has 0 radical (unpaired) electrons. The number of alkyl halides is 3. The number of nitrogens with one attached hydrogen (secondary N) is 1. The third-order valence-electron chi connectivity index (χ3n) is 3.57. The van der Waals surface area contributed by atoms with E-state index in [4.69, 9.17) is 5.73 Å². The molecule has 1 aromatic heterocycles. The highest BCUT2D eigenvalue weighted by molar-refractivity contribution is 6.11. The normalized spacial score (nSPS) is 13.0. The molecule has 0 saturated carbocycles. The van der Waals surface area contributed by atoms with E-state index >= 15 is 0 Å². The quantitative estimate of drug-likeness (QED) is 0.647. The molecule has 0 aliphatic heterocycles. The third kappa shape index (κ3) is 4.29. The number of pyridine rings is 1. The van der Waals surface area contributed by atoms with Crippen LogP contribution in [0.2, 0.25) is 0 Å². The van der Waals surface area contributed by atoms with Gasteiger partial charge in [-0.3, -0.25) is 14.8 Å². The summed E-state index contributed by atoms with van der Waals surface area (Å²) in [6, 6.07) is 6.70. The molecule has 1 heterocycles. The van der Waals surface area contributed by atoms with Gasteiger partial charge in [-0.25, -0.2) is 0 Å². The molecule has 0 spiro atoms. The highest BCUT2D eigenvalue weighted by atomic mass is 19.4. The number of nitrogens with two attached hydrogens (primary N) is 1. The van der Waals surface area contributed by atoms with Crippen molar-refractivity contribution >= 4 is 28.3 Å². The van der Waals surface area contributed by atoms with Crippen molar-refractivity contribution in [2.45, 2.75) is 6.18 Å². The molecule has 0 aliphatic carbocycles. The molecule has 138 valence electrons. The minimum atomic E-state index is -4.70. The van der Waals surface area contributed by atoms with Crippen LogP contribution in [0.1, 0.15) is 10.4 Å². The molecule has 9 heteroatoms. The predicted molar refractivity (Wildman–Crippen MR) is 95.2 cm³/mol. The van der Waals surface area contributed by atoms with Crippen LogP contribution >= 0.6 is 0 Å². The molecule has 3 N–H and O–H groups in total. The van der Waals surface area contributed by atoms with E-state index in [0.717, 1.165) is 11.1 Å². The molecule has 1 aromatic carbocycles. The fourth-order valence-corrected chi connectivity index (χ4v) is 2.24. The van der Waals surface area contributed by atoms with Gasteiger partial charge < -0.3 is 16.0 Å². The van der Waals surface area contributed by atoms with Crippen LogP contribution in [0.25, 0.3) is 10.9 Å². The van der Waals surface area contributed by atoms with Gasteiger partial charge in [-0.05, 0) is 24.3 Å². The third-order valence-corrected chi connectivity index (χ3v) is 3.57. The first-order valence-electron chi connectivity index (χ1n) is 7.52. The van der Waals surface area contributed by atoms with Crippen molar-refractivity contribution in [1.82, 2.24) is 10.3 Å². The number of rotatable bonds is 3. The van der Waals surface area contributed by atoms with Crippen LogP contribution in [0, 0.1) is 0 Å². The number of hydrogen-bond donors (Lipinski definition) is 2. The number of carbonyl (C=O) groups is 1. The average Bonchev–Trinajstić information content (AvgIpc) is 2.58. The first kappa shape index (κ1) is 19.2. The minimum absolute atomic E-state index is 0.237. The summed E-state index contributed by atoms with van der Waals surface area (Å²) in [4.78, 5) is 22.1. The Bertz CT molecular complexity index is 888. The summed E-state index contributed by atoms with van der Waals surface area (Å²) < 4.78 is 37.5. The van der Waals surface area contributed by atoms with Crippen molar-refractivity contribution in [3.05, 3.63) is 47.8 Å². The number of aromatic nitrogens is 1. The summed E-state index contributed by atoms with van der Waals surface area (Å²) in [5.74, 6) is -0.907. The Morgan fingerprint density at radius 3 is 2.58 bits per heavy atom. The van der Waals surface area contributed by atoms with Gasteiger partial charge in [0.2, 0.25) is 0 Å². The van der Waals surface area contributed by atoms with E-state index in [-0.39, 0.29) is 11.4 Å². The van der Waals surface area contributed by atoms with Gasteiger partial charge in [0, 0.05) is 50.1 Å². The lowest BCUT2D eigenvalue weighted by atomic mass is 10.1. The molecule has 0 fully saturated rings. The van der Waals surface area contributed by atoms with E-state index in [9.17, 15) is 18.0 Å². The average molecular weight is 365 g/mol. The van der Waals surface area contributed by atoms with Gasteiger partial charge in [0.25, 0.3) is 5.91 Å². The molecule has 0 bridgehead atoms. The summed E-state index contributed by atoms with van der Waals surface area (Å²) in [6.45, 7) is 0. The van der Waals surface area contributed by atoms with E-state index in [1.807, 2.05) is 25.1 Å². The maximum atomic E-state index is 12.5. The molecular weight excluding hydrogens is 347 g/mol. The monoisotopic (exact) mass is 365 g/mol. The number of nitrogens with zero attached hydrogens (tertiary/aromatic N) is 3. The Kier molecular flexibility index (Phi) is 5.49. The Morgan fingerprint density at radius 1 is 1.31 bits per heavy atom. The fourth-order valence-electron chi connectivity index (χ4n) is 2.24. The second-order valence-electron chi connectivity index (χ2n) is 5.62. The zero-order chi connectivity index (χ0) is 19.5. The molecule has 0 saturated heterocycles. The standard InChI is InChI=1S/C17H18F3N5O/c1-22-15(9-14(21)17(18,19)20)24-16(26)10-4-5-11-12(8-10)23-7-6-13(11)25(2)3/h4-9H,21H2,1-3H3,(H,22,24,26)/b14-9-. The fraction of sp³-hybridized carbons (Fsp3) is 0.235. The Labute approximate surface area is 148 Å². The van der Waals surface area contributed by atoms with Crippen molar-refractivity contribution in [2.75, 3.05) is 26.0 Å². The number of benzene rings is 1. The van der Waals surface area contributed by atoms with Crippen LogP contribution < -0.4 is 16.0 Å². The second kappa shape index (κ2) is 7.42. The van der Waals surface area contributed by atoms with Crippen molar-refractivity contribution in [2.24, 2.45) is 10.7 Å². The number of amidine groups is 1. The largest absolute Gasteiger partial charge is 0.430 e. The molecule has 6 nitrogen and oxygen atoms in total. The van der Waals surface area contributed by atoms with E-state index in [1.54, 1.807) is 24.4 Å². The molecule has 1 amide bonds. The number of anilines is 1. The van der Waals surface area contributed by atoms with Gasteiger partial charge in [-0.2, -0.15) is 13.2 Å². The second-order valence-corrected chi connectivity index (χ2v) is 5.62. The van der Waals surface area contributed by atoms with E-state index < -0.39 is 17.8 Å². The lowest BCUT2D eigenvalue weighted by Crippen LogP contribution is -2.31. The van der Waals surface area contributed by atoms with Crippen LogP contribution in [0.15, 0.2) is 47.2 Å². The minimum Gasteiger partial charge on any atom is -0.395 e. The lowest BCUT2D eigenvalue weighted by molar-refractivity contribution is -0.0925. The van der Waals surface area contributed by atoms with Gasteiger partial charge in [-0.1, -0.05) is 0 Å². The van der Waals surface area contributed by atoms with E-state index in [1.165, 1.54) is 7.05 Å². The van der Waals surface area contributed by atoms with Gasteiger partial charge in [-0.15, -0.1) is 0 Å². The smallest absolute Gasteiger partial charge is 0.395 e. The Balaban J connectivity index is 2.30. The molecular formula is C17H18F3N5O. The van der Waals surface area contributed by atoms with Crippen molar-refractivity contribution < 1.29 is 18.0 Å². The van der Waals surface area contributed by atoms with Crippen molar-refractivity contribution in [3.63, 3.8) is 0 Å². The summed E-state index contributed by atoms with van der Waals surface area (Å²) in [7, 11) is 5.02. The molecule has 2 aromatic rings. The summed E-state index contributed by atoms with van der Waals surface area (Å²) in [5.41, 5.74) is 5.35. The van der Waals surface area contributed by atoms with Crippen LogP contribution in [-0.2, 0) is 0 Å². The zero-order valence-electron chi connectivity index (χ0n) is 14.4. The number of fused-ring (bicyclic) bond motifs is 1. The highest BCUT2D eigenvalue weighted by Gasteiger charge is 2.31. The number of hydrogen-bond acceptors (Lipinski definition) is 5. The van der Waals surface area contributed by atoms with Gasteiger partial charge >= 0.3 is 6.18 Å². The number of amides is 1. The molecule has 0 aliphatic rings. The van der Waals surface area contributed by atoms with Gasteiger partial charge in [0.15, 0.2) is 0 Å². The summed E-state index contributed by atoms with van der Waals surface area (Å²) >= 11 is 0. The maximum Gasteiger partial charge on any atom is 0.430 e. The first-order chi connectivity index (χ1) is 12.1. The number of aliphatic imine (C=N–C) groups is 1. The molecule has 0 atom stereocenters. The SMILES string of the molecule is CN=C(/C=C(\N)C(F)(F)F)NC(=O)c1ccc2c(N(C)C)ccnc2c1. The van der Waals surface area contributed by atoms with Gasteiger partial charge in [0.1, 0.15) is 11.5 Å². The predicted octanol–water partition coefficient (Wildman–Crippen LogP) is 2.46. The Hall–Kier alpha value is -3.10. The zero-order valence-corrected chi connectivity index (χ0v) is 14.4. The van der Waals surface area contributed by atoms with Crippen molar-refractivity contribution in [3.8, 4) is 0 Å². The number of allylic oxidation sites excluding steroid dienone is 1. The number of halogens is 3. The van der Waals surface area contributed by atoms with Crippen LogP contribution in [0.5, 0.6) is 0 Å². The lowest BCUT2D eigenvalue weighted by Gasteiger charge is -2.15. The van der Waals surface area contributed by atoms with Crippen LogP contribution in [0.4, 0.5) is 18.9 Å². The maximum absolute atomic E-state index is 12.5. The topological polar surface area (TPSA) is 83.6 Å². The Morgan fingerprint density at radius 2 is 2.00 bits per heavy atom. The van der Waals surface area contributed by atoms with E-state index in [0.29, 0.717) is 11.6 Å². The van der Waals surface area contributed by atoms with Crippen molar-refractivity contribution in [1.29, 1.82) is 0 Å². The van der Waals surface area contributed by atoms with E-state index in [2.05, 4.69) is 15.3 Å². The van der Waals surface area contributed by atoms with Crippen LogP contribution in [-0.4, -0.2) is 44.0 Å². The molecule has 26 heavy (non-hydrogen) atoms. The highest BCUT2D eigenvalue weighted by Crippen LogP contribution is 2.24. The molecule has 0 unspecified atom stereocenters. The summed E-state index contributed by atoms with van der Waals surface area (Å²) in [6.07, 6.45) is -2.51. The number of carbonyl (C=O) groups excluding carboxylic acids is 1.